The van der Waals surface area contributed by atoms with Crippen LogP contribution < -0.4 is 5.32 Å². The van der Waals surface area contributed by atoms with Crippen LogP contribution in [0.4, 0.5) is 10.5 Å². The lowest BCUT2D eigenvalue weighted by Crippen LogP contribution is -2.32. The van der Waals surface area contributed by atoms with Gasteiger partial charge in [0.1, 0.15) is 18.0 Å². The van der Waals surface area contributed by atoms with Gasteiger partial charge in [0.25, 0.3) is 5.91 Å². The summed E-state index contributed by atoms with van der Waals surface area (Å²) in [6, 6.07) is 12.3. The summed E-state index contributed by atoms with van der Waals surface area (Å²) in [7, 11) is 1.53. The highest BCUT2D eigenvalue weighted by Gasteiger charge is 2.19. The molecule has 116 valence electrons. The zero-order valence-corrected chi connectivity index (χ0v) is 12.4. The number of benzene rings is 1. The van der Waals surface area contributed by atoms with E-state index in [4.69, 9.17) is 4.74 Å². The molecule has 0 spiro atoms. The van der Waals surface area contributed by atoms with Crippen molar-refractivity contribution in [3.63, 3.8) is 0 Å². The highest BCUT2D eigenvalue weighted by molar-refractivity contribution is 6.05. The molecule has 1 N–H and O–H groups in total. The molecule has 7 nitrogen and oxygen atoms in total. The third-order valence-electron chi connectivity index (χ3n) is 3.24. The first-order chi connectivity index (χ1) is 11.1. The van der Waals surface area contributed by atoms with Crippen LogP contribution in [0.1, 0.15) is 16.1 Å². The minimum absolute atomic E-state index is 0.128. The lowest BCUT2D eigenvalue weighted by molar-refractivity contribution is 0.102. The Morgan fingerprint density at radius 3 is 2.65 bits per heavy atom. The Morgan fingerprint density at radius 2 is 2.00 bits per heavy atom. The molecule has 0 atom stereocenters. The molecule has 0 saturated heterocycles. The molecule has 0 unspecified atom stereocenters. The first kappa shape index (κ1) is 14.7. The number of rotatable bonds is 3. The van der Waals surface area contributed by atoms with Gasteiger partial charge in [-0.05, 0) is 24.3 Å². The molecule has 0 saturated carbocycles. The number of hydrogen-bond acceptors (Lipinski definition) is 5. The third kappa shape index (κ3) is 3.34. The molecular weight excluding hydrogens is 296 g/mol. The fourth-order valence-corrected chi connectivity index (χ4v) is 2.05. The van der Waals surface area contributed by atoms with Crippen LogP contribution in [0.5, 0.6) is 0 Å². The zero-order valence-electron chi connectivity index (χ0n) is 12.4. The Labute approximate surface area is 132 Å². The van der Waals surface area contributed by atoms with Gasteiger partial charge in [-0.15, -0.1) is 0 Å². The summed E-state index contributed by atoms with van der Waals surface area (Å²) in [6.07, 6.45) is 1.09. The fourth-order valence-electron chi connectivity index (χ4n) is 2.05. The van der Waals surface area contributed by atoms with Crippen molar-refractivity contribution in [1.82, 2.24) is 9.99 Å². The number of anilines is 1. The van der Waals surface area contributed by atoms with Gasteiger partial charge >= 0.3 is 6.09 Å². The molecule has 0 aliphatic carbocycles. The molecule has 1 aliphatic rings. The summed E-state index contributed by atoms with van der Waals surface area (Å²) in [5.41, 5.74) is 2.46. The molecule has 1 aromatic heterocycles. The number of hydrogen-bond donors (Lipinski definition) is 1. The second kappa shape index (κ2) is 6.27. The third-order valence-corrected chi connectivity index (χ3v) is 3.24. The Morgan fingerprint density at radius 1 is 1.22 bits per heavy atom. The van der Waals surface area contributed by atoms with Gasteiger partial charge in [0, 0.05) is 24.5 Å². The van der Waals surface area contributed by atoms with Crippen LogP contribution in [-0.2, 0) is 4.74 Å². The van der Waals surface area contributed by atoms with Crippen LogP contribution in [0.25, 0.3) is 0 Å². The molecule has 3 rings (SSSR count). The van der Waals surface area contributed by atoms with E-state index < -0.39 is 6.09 Å². The maximum absolute atomic E-state index is 12.0. The molecule has 1 aliphatic heterocycles. The van der Waals surface area contributed by atoms with Gasteiger partial charge in [0.15, 0.2) is 0 Å². The van der Waals surface area contributed by atoms with E-state index in [0.29, 0.717) is 17.1 Å². The predicted octanol–water partition coefficient (Wildman–Crippen LogP) is 2.12. The number of pyridine rings is 1. The highest BCUT2D eigenvalue weighted by Crippen LogP contribution is 2.14. The molecule has 23 heavy (non-hydrogen) atoms. The van der Waals surface area contributed by atoms with E-state index in [2.05, 4.69) is 15.4 Å². The molecule has 2 aromatic rings. The van der Waals surface area contributed by atoms with Crippen molar-refractivity contribution < 1.29 is 14.3 Å². The lowest BCUT2D eigenvalue weighted by Gasteiger charge is -2.19. The van der Waals surface area contributed by atoms with Crippen molar-refractivity contribution in [3.8, 4) is 0 Å². The minimum atomic E-state index is -0.479. The Kier molecular flexibility index (Phi) is 4.01. The zero-order chi connectivity index (χ0) is 16.2. The van der Waals surface area contributed by atoms with Crippen molar-refractivity contribution in [1.29, 1.82) is 0 Å². The van der Waals surface area contributed by atoms with Crippen LogP contribution in [-0.4, -0.2) is 41.4 Å². The van der Waals surface area contributed by atoms with Crippen molar-refractivity contribution in [2.24, 2.45) is 5.10 Å². The molecule has 0 bridgehead atoms. The Bertz CT molecular complexity index is 757. The largest absolute Gasteiger partial charge is 0.442 e. The number of hydrazone groups is 1. The van der Waals surface area contributed by atoms with E-state index in [1.165, 1.54) is 7.05 Å². The lowest BCUT2D eigenvalue weighted by atomic mass is 10.1. The first-order valence-corrected chi connectivity index (χ1v) is 6.94. The average molecular weight is 310 g/mol. The summed E-state index contributed by atoms with van der Waals surface area (Å²) in [4.78, 5) is 27.2. The summed E-state index contributed by atoms with van der Waals surface area (Å²) < 4.78 is 4.99. The number of aromatic nitrogens is 1. The van der Waals surface area contributed by atoms with Gasteiger partial charge in [-0.3, -0.25) is 9.78 Å². The summed E-state index contributed by atoms with van der Waals surface area (Å²) in [6.45, 7) is 0.128. The normalized spacial score (nSPS) is 14.0. The summed E-state index contributed by atoms with van der Waals surface area (Å²) in [5.74, 6) is -0.276. The molecule has 0 fully saturated rings. The SMILES string of the molecule is CN1N=C(c2ccc(NC(=O)c3ccccn3)cc2)COC1=O. The van der Waals surface area contributed by atoms with Gasteiger partial charge in [-0.1, -0.05) is 18.2 Å². The van der Waals surface area contributed by atoms with E-state index >= 15 is 0 Å². The van der Waals surface area contributed by atoms with Gasteiger partial charge in [0.2, 0.25) is 0 Å². The second-order valence-electron chi connectivity index (χ2n) is 4.87. The maximum atomic E-state index is 12.0. The van der Waals surface area contributed by atoms with Crippen molar-refractivity contribution in [2.75, 3.05) is 19.0 Å². The summed E-state index contributed by atoms with van der Waals surface area (Å²) >= 11 is 0. The number of cyclic esters (lactones) is 1. The number of amides is 2. The number of carbonyl (C=O) groups excluding carboxylic acids is 2. The Balaban J connectivity index is 1.72. The number of ether oxygens (including phenoxy) is 1. The quantitative estimate of drug-likeness (QED) is 0.941. The second-order valence-corrected chi connectivity index (χ2v) is 4.87. The van der Waals surface area contributed by atoms with E-state index in [0.717, 1.165) is 10.6 Å². The highest BCUT2D eigenvalue weighted by atomic mass is 16.6. The average Bonchev–Trinajstić information content (AvgIpc) is 2.59. The van der Waals surface area contributed by atoms with Gasteiger partial charge < -0.3 is 10.1 Å². The Hall–Kier alpha value is -3.22. The number of carbonyl (C=O) groups is 2. The van der Waals surface area contributed by atoms with Crippen molar-refractivity contribution in [2.45, 2.75) is 0 Å². The molecular formula is C16H14N4O3. The molecule has 1 aromatic carbocycles. The van der Waals surface area contributed by atoms with Gasteiger partial charge in [-0.25, -0.2) is 9.80 Å². The van der Waals surface area contributed by atoms with E-state index in [9.17, 15) is 9.59 Å². The number of nitrogens with zero attached hydrogens (tertiary/aromatic N) is 3. The smallest absolute Gasteiger partial charge is 0.430 e. The van der Waals surface area contributed by atoms with Crippen LogP contribution in [0.2, 0.25) is 0 Å². The standard InChI is InChI=1S/C16H14N4O3/c1-20-16(22)23-10-14(19-20)11-5-7-12(8-6-11)18-15(21)13-4-2-3-9-17-13/h2-9H,10H2,1H3,(H,18,21). The fraction of sp³-hybridized carbons (Fsp3) is 0.125. The van der Waals surface area contributed by atoms with Gasteiger partial charge in [0.05, 0.1) is 0 Å². The molecule has 2 heterocycles. The maximum Gasteiger partial charge on any atom is 0.430 e. The topological polar surface area (TPSA) is 83.9 Å². The van der Waals surface area contributed by atoms with Crippen LogP contribution in [0.15, 0.2) is 53.8 Å². The number of nitrogens with one attached hydrogen (secondary N) is 1. The molecule has 7 heteroatoms. The summed E-state index contributed by atoms with van der Waals surface area (Å²) in [5, 5.41) is 8.07. The van der Waals surface area contributed by atoms with E-state index in [1.54, 1.807) is 48.7 Å². The predicted molar refractivity (Wildman–Crippen MR) is 84.3 cm³/mol. The van der Waals surface area contributed by atoms with Crippen molar-refractivity contribution in [3.05, 3.63) is 59.9 Å². The van der Waals surface area contributed by atoms with Crippen molar-refractivity contribution >= 4 is 23.4 Å². The molecule has 0 radical (unpaired) electrons. The molecule has 2 amide bonds. The van der Waals surface area contributed by atoms with E-state index in [1.807, 2.05) is 0 Å². The van der Waals surface area contributed by atoms with E-state index in [-0.39, 0.29) is 12.5 Å². The van der Waals surface area contributed by atoms with Gasteiger partial charge in [-0.2, -0.15) is 5.10 Å². The monoisotopic (exact) mass is 310 g/mol. The van der Waals surface area contributed by atoms with Crippen LogP contribution in [0.3, 0.4) is 0 Å². The van der Waals surface area contributed by atoms with Crippen LogP contribution >= 0.6 is 0 Å². The van der Waals surface area contributed by atoms with Crippen LogP contribution in [0, 0.1) is 0 Å². The first-order valence-electron chi connectivity index (χ1n) is 6.94. The minimum Gasteiger partial charge on any atom is -0.442 e.